The highest BCUT2D eigenvalue weighted by Gasteiger charge is 2.25. The number of rotatable bonds is 9. The Kier molecular flexibility index (Phi) is 8.54. The lowest BCUT2D eigenvalue weighted by Gasteiger charge is -2.28. The summed E-state index contributed by atoms with van der Waals surface area (Å²) in [5.41, 5.74) is 3.12. The van der Waals surface area contributed by atoms with Crippen LogP contribution in [-0.2, 0) is 13.0 Å². The van der Waals surface area contributed by atoms with Crippen molar-refractivity contribution in [2.45, 2.75) is 77.7 Å². The van der Waals surface area contributed by atoms with Crippen LogP contribution in [0.25, 0.3) is 11.1 Å². The maximum atomic E-state index is 14.9. The Hall–Kier alpha value is -2.75. The second kappa shape index (κ2) is 11.8. The molecule has 0 saturated heterocycles. The minimum atomic E-state index is -0.810. The van der Waals surface area contributed by atoms with Crippen LogP contribution in [0, 0.1) is 23.4 Å². The zero-order chi connectivity index (χ0) is 24.8. The van der Waals surface area contributed by atoms with Crippen molar-refractivity contribution in [1.29, 1.82) is 0 Å². The highest BCUT2D eigenvalue weighted by Crippen LogP contribution is 2.38. The summed E-state index contributed by atoms with van der Waals surface area (Å²) in [6.07, 6.45) is 7.90. The highest BCUT2D eigenvalue weighted by atomic mass is 19.2. The van der Waals surface area contributed by atoms with Gasteiger partial charge < -0.3 is 4.74 Å². The number of hydrogen-bond donors (Lipinski definition) is 0. The Morgan fingerprint density at radius 3 is 2.11 bits per heavy atom. The standard InChI is InChI=1S/C31H35F3O/c1-3-5-6-24-11-12-25(19-29(24)32)22-13-16-27(17-14-22)35-20-26-15-18-28(31(34)30(26)33)23-9-7-21(4-2)8-10-23/h11-19,21,23H,3-10,20H2,1-2H3. The molecule has 0 N–H and O–H groups in total. The Morgan fingerprint density at radius 2 is 1.46 bits per heavy atom. The SMILES string of the molecule is CCCCc1ccc(-c2ccc(OCc3ccc(C4CCC(CC)CC4)c(F)c3F)cc2)cc1F. The normalized spacial score (nSPS) is 18.0. The summed E-state index contributed by atoms with van der Waals surface area (Å²) in [5.74, 6) is -0.366. The van der Waals surface area contributed by atoms with Crippen molar-refractivity contribution in [1.82, 2.24) is 0 Å². The largest absolute Gasteiger partial charge is 0.489 e. The molecule has 0 unspecified atom stereocenters. The van der Waals surface area contributed by atoms with Crippen LogP contribution >= 0.6 is 0 Å². The molecule has 1 fully saturated rings. The van der Waals surface area contributed by atoms with E-state index in [-0.39, 0.29) is 23.9 Å². The van der Waals surface area contributed by atoms with Crippen molar-refractivity contribution < 1.29 is 17.9 Å². The molecule has 0 amide bonds. The third-order valence-corrected chi connectivity index (χ3v) is 7.49. The van der Waals surface area contributed by atoms with Gasteiger partial charge in [-0.25, -0.2) is 13.2 Å². The molecule has 0 spiro atoms. The minimum absolute atomic E-state index is 0.0499. The van der Waals surface area contributed by atoms with E-state index in [0.717, 1.165) is 68.1 Å². The maximum Gasteiger partial charge on any atom is 0.165 e. The Morgan fingerprint density at radius 1 is 0.771 bits per heavy atom. The number of hydrogen-bond acceptors (Lipinski definition) is 1. The van der Waals surface area contributed by atoms with Gasteiger partial charge in [0.15, 0.2) is 11.6 Å². The summed E-state index contributed by atoms with van der Waals surface area (Å²) in [4.78, 5) is 0. The van der Waals surface area contributed by atoms with Gasteiger partial charge in [0, 0.05) is 5.56 Å². The lowest BCUT2D eigenvalue weighted by Crippen LogP contribution is -2.15. The van der Waals surface area contributed by atoms with Crippen LogP contribution in [0.4, 0.5) is 13.2 Å². The molecule has 1 saturated carbocycles. The first kappa shape index (κ1) is 25.3. The molecule has 0 aliphatic heterocycles. The zero-order valence-electron chi connectivity index (χ0n) is 20.8. The molecule has 1 aliphatic carbocycles. The Balaban J connectivity index is 1.38. The van der Waals surface area contributed by atoms with Gasteiger partial charge in [-0.1, -0.05) is 63.1 Å². The summed E-state index contributed by atoms with van der Waals surface area (Å²) in [6.45, 7) is 4.24. The predicted molar refractivity (Wildman–Crippen MR) is 136 cm³/mol. The molecule has 35 heavy (non-hydrogen) atoms. The van der Waals surface area contributed by atoms with Gasteiger partial charge in [-0.05, 0) is 90.8 Å². The topological polar surface area (TPSA) is 9.23 Å². The molecule has 0 heterocycles. The van der Waals surface area contributed by atoms with Crippen molar-refractivity contribution in [2.75, 3.05) is 0 Å². The fraction of sp³-hybridized carbons (Fsp3) is 0.419. The number of unbranched alkanes of at least 4 members (excludes halogenated alkanes) is 1. The second-order valence-corrected chi connectivity index (χ2v) is 9.79. The maximum absolute atomic E-state index is 14.9. The summed E-state index contributed by atoms with van der Waals surface area (Å²) in [7, 11) is 0. The van der Waals surface area contributed by atoms with E-state index in [1.807, 2.05) is 24.3 Å². The molecule has 0 aromatic heterocycles. The van der Waals surface area contributed by atoms with Gasteiger partial charge in [-0.3, -0.25) is 0 Å². The van der Waals surface area contributed by atoms with Crippen molar-refractivity contribution in [3.8, 4) is 16.9 Å². The van der Waals surface area contributed by atoms with Crippen molar-refractivity contribution in [2.24, 2.45) is 5.92 Å². The molecule has 4 heteroatoms. The van der Waals surface area contributed by atoms with E-state index in [4.69, 9.17) is 4.74 Å². The van der Waals surface area contributed by atoms with E-state index >= 15 is 0 Å². The van der Waals surface area contributed by atoms with Gasteiger partial charge in [0.05, 0.1) is 0 Å². The third-order valence-electron chi connectivity index (χ3n) is 7.49. The van der Waals surface area contributed by atoms with Crippen LogP contribution in [-0.4, -0.2) is 0 Å². The van der Waals surface area contributed by atoms with Crippen molar-refractivity contribution >= 4 is 0 Å². The molecule has 186 valence electrons. The fourth-order valence-electron chi connectivity index (χ4n) is 5.11. The first-order chi connectivity index (χ1) is 17.0. The fourth-order valence-corrected chi connectivity index (χ4v) is 5.11. The first-order valence-electron chi connectivity index (χ1n) is 13.0. The van der Waals surface area contributed by atoms with E-state index in [1.165, 1.54) is 0 Å². The molecule has 3 aromatic carbocycles. The summed E-state index contributed by atoms with van der Waals surface area (Å²) < 4.78 is 49.8. The average Bonchev–Trinajstić information content (AvgIpc) is 2.89. The first-order valence-corrected chi connectivity index (χ1v) is 13.0. The lowest BCUT2D eigenvalue weighted by atomic mass is 9.77. The zero-order valence-corrected chi connectivity index (χ0v) is 20.8. The Labute approximate surface area is 207 Å². The van der Waals surface area contributed by atoms with Gasteiger partial charge in [-0.2, -0.15) is 0 Å². The molecule has 0 atom stereocenters. The highest BCUT2D eigenvalue weighted by molar-refractivity contribution is 5.64. The van der Waals surface area contributed by atoms with Crippen LogP contribution in [0.2, 0.25) is 0 Å². The number of benzene rings is 3. The van der Waals surface area contributed by atoms with Crippen LogP contribution < -0.4 is 4.74 Å². The van der Waals surface area contributed by atoms with Crippen LogP contribution in [0.1, 0.15) is 81.4 Å². The van der Waals surface area contributed by atoms with Crippen molar-refractivity contribution in [3.05, 3.63) is 88.7 Å². The van der Waals surface area contributed by atoms with Gasteiger partial charge in [0.25, 0.3) is 0 Å². The smallest absolute Gasteiger partial charge is 0.165 e. The summed E-state index contributed by atoms with van der Waals surface area (Å²) in [6, 6.07) is 16.0. The molecule has 4 rings (SSSR count). The molecule has 1 aliphatic rings. The average molecular weight is 481 g/mol. The van der Waals surface area contributed by atoms with E-state index < -0.39 is 11.6 Å². The Bertz CT molecular complexity index is 1110. The van der Waals surface area contributed by atoms with Gasteiger partial charge in [-0.15, -0.1) is 0 Å². The van der Waals surface area contributed by atoms with Crippen LogP contribution in [0.15, 0.2) is 54.6 Å². The van der Waals surface area contributed by atoms with Crippen LogP contribution in [0.5, 0.6) is 5.75 Å². The quantitative estimate of drug-likeness (QED) is 0.296. The monoisotopic (exact) mass is 480 g/mol. The number of aryl methyl sites for hydroxylation is 1. The third kappa shape index (κ3) is 6.09. The van der Waals surface area contributed by atoms with Gasteiger partial charge in [0.2, 0.25) is 0 Å². The minimum Gasteiger partial charge on any atom is -0.489 e. The lowest BCUT2D eigenvalue weighted by molar-refractivity contribution is 0.294. The van der Waals surface area contributed by atoms with E-state index in [9.17, 15) is 13.2 Å². The summed E-state index contributed by atoms with van der Waals surface area (Å²) in [5, 5.41) is 0. The molecular formula is C31H35F3O. The van der Waals surface area contributed by atoms with Crippen LogP contribution in [0.3, 0.4) is 0 Å². The predicted octanol–water partition coefficient (Wildman–Crippen LogP) is 9.38. The molecule has 3 aromatic rings. The number of ether oxygens (including phenoxy) is 1. The number of halogens is 3. The molecule has 0 bridgehead atoms. The van der Waals surface area contributed by atoms with Crippen molar-refractivity contribution in [3.63, 3.8) is 0 Å². The molecule has 0 radical (unpaired) electrons. The van der Waals surface area contributed by atoms with E-state index in [0.29, 0.717) is 17.2 Å². The summed E-state index contributed by atoms with van der Waals surface area (Å²) >= 11 is 0. The molecule has 1 nitrogen and oxygen atoms in total. The molecular weight excluding hydrogens is 445 g/mol. The van der Waals surface area contributed by atoms with Gasteiger partial charge >= 0.3 is 0 Å². The van der Waals surface area contributed by atoms with E-state index in [2.05, 4.69) is 13.8 Å². The van der Waals surface area contributed by atoms with E-state index in [1.54, 1.807) is 30.3 Å². The van der Waals surface area contributed by atoms with Gasteiger partial charge in [0.1, 0.15) is 18.2 Å². The second-order valence-electron chi connectivity index (χ2n) is 9.79.